The van der Waals surface area contributed by atoms with Gasteiger partial charge in [-0.05, 0) is 56.6 Å². The normalized spacial score (nSPS) is 14.4. The Morgan fingerprint density at radius 2 is 1.96 bits per heavy atom. The van der Waals surface area contributed by atoms with Crippen molar-refractivity contribution in [3.63, 3.8) is 0 Å². The molecule has 0 unspecified atom stereocenters. The number of halogens is 1. The number of carbonyl (C=O) groups excluding carboxylic acids is 1. The third kappa shape index (κ3) is 5.69. The highest BCUT2D eigenvalue weighted by molar-refractivity contribution is 5.94. The first-order chi connectivity index (χ1) is 13.2. The average molecular weight is 409 g/mol. The highest BCUT2D eigenvalue weighted by atomic mass is 35.5. The first kappa shape index (κ1) is 22.2. The second-order valence-corrected chi connectivity index (χ2v) is 6.75. The van der Waals surface area contributed by atoms with E-state index in [9.17, 15) is 4.79 Å². The smallest absolute Gasteiger partial charge is 0.254 e. The van der Waals surface area contributed by atoms with Crippen molar-refractivity contribution >= 4 is 18.3 Å². The van der Waals surface area contributed by atoms with Gasteiger partial charge >= 0.3 is 0 Å². The number of hydrogen-bond acceptors (Lipinski definition) is 6. The Hall–Kier alpha value is -2.12. The molecule has 1 aromatic carbocycles. The van der Waals surface area contributed by atoms with Gasteiger partial charge in [0, 0.05) is 24.6 Å². The number of aryl methyl sites for hydroxylation is 1. The molecule has 0 atom stereocenters. The van der Waals surface area contributed by atoms with Crippen LogP contribution in [0.4, 0.5) is 0 Å². The van der Waals surface area contributed by atoms with Crippen LogP contribution in [0.5, 0.6) is 5.75 Å². The summed E-state index contributed by atoms with van der Waals surface area (Å²) in [5, 5.41) is 7.23. The molecule has 1 aliphatic heterocycles. The molecule has 28 heavy (non-hydrogen) atoms. The van der Waals surface area contributed by atoms with E-state index in [-0.39, 0.29) is 24.9 Å². The Bertz CT molecular complexity index is 729. The van der Waals surface area contributed by atoms with E-state index in [0.29, 0.717) is 35.5 Å². The molecule has 7 nitrogen and oxygen atoms in total. The number of piperidine rings is 1. The number of carbonyl (C=O) groups is 1. The lowest BCUT2D eigenvalue weighted by Gasteiger charge is -2.34. The van der Waals surface area contributed by atoms with E-state index >= 15 is 0 Å². The molecule has 1 N–H and O–H groups in total. The van der Waals surface area contributed by atoms with Crippen LogP contribution in [0.3, 0.4) is 0 Å². The Balaban J connectivity index is 0.00000280. The van der Waals surface area contributed by atoms with Crippen molar-refractivity contribution in [3.8, 4) is 5.75 Å². The maximum absolute atomic E-state index is 13.0. The Kier molecular flexibility index (Phi) is 8.73. The minimum atomic E-state index is 0. The van der Waals surface area contributed by atoms with E-state index in [1.807, 2.05) is 36.1 Å². The second-order valence-electron chi connectivity index (χ2n) is 6.75. The van der Waals surface area contributed by atoms with Gasteiger partial charge in [0.1, 0.15) is 5.75 Å². The minimum Gasteiger partial charge on any atom is -0.485 e. The minimum absolute atomic E-state index is 0. The van der Waals surface area contributed by atoms with E-state index < -0.39 is 0 Å². The fourth-order valence-electron chi connectivity index (χ4n) is 3.31. The molecule has 0 aliphatic carbocycles. The molecule has 2 aromatic rings. The van der Waals surface area contributed by atoms with Crippen LogP contribution >= 0.6 is 12.4 Å². The zero-order chi connectivity index (χ0) is 19.1. The summed E-state index contributed by atoms with van der Waals surface area (Å²) in [6.45, 7) is 7.05. The predicted octanol–water partition coefficient (Wildman–Crippen LogP) is 3.24. The van der Waals surface area contributed by atoms with Gasteiger partial charge in [0.2, 0.25) is 11.7 Å². The van der Waals surface area contributed by atoms with E-state index in [1.165, 1.54) is 0 Å². The molecular weight excluding hydrogens is 380 g/mol. The maximum atomic E-state index is 13.0. The molecule has 1 amide bonds. The molecule has 1 aliphatic rings. The number of ether oxygens (including phenoxy) is 1. The van der Waals surface area contributed by atoms with Gasteiger partial charge in [-0.1, -0.05) is 19.0 Å². The lowest BCUT2D eigenvalue weighted by molar-refractivity contribution is 0.0642. The molecule has 8 heteroatoms. The van der Waals surface area contributed by atoms with Gasteiger partial charge in [-0.15, -0.1) is 12.4 Å². The molecule has 1 aromatic heterocycles. The van der Waals surface area contributed by atoms with Crippen LogP contribution in [0.15, 0.2) is 28.8 Å². The summed E-state index contributed by atoms with van der Waals surface area (Å²) >= 11 is 0. The second kappa shape index (κ2) is 11.0. The van der Waals surface area contributed by atoms with Crippen molar-refractivity contribution in [1.29, 1.82) is 0 Å². The molecule has 1 saturated heterocycles. The van der Waals surface area contributed by atoms with Crippen LogP contribution in [0.1, 0.15) is 55.2 Å². The Labute approximate surface area is 172 Å². The monoisotopic (exact) mass is 408 g/mol. The zero-order valence-electron chi connectivity index (χ0n) is 16.5. The maximum Gasteiger partial charge on any atom is 0.254 e. The molecule has 2 heterocycles. The summed E-state index contributed by atoms with van der Waals surface area (Å²) in [7, 11) is 0. The predicted molar refractivity (Wildman–Crippen MR) is 109 cm³/mol. The number of nitrogens with zero attached hydrogens (tertiary/aromatic N) is 3. The molecule has 154 valence electrons. The van der Waals surface area contributed by atoms with Crippen molar-refractivity contribution in [3.05, 3.63) is 41.5 Å². The standard InChI is InChI=1S/C20H28N4O3.ClH/c1-3-13-24(16-9-11-21-12-10-16)20(25)15-5-7-17(8-6-15)26-14-18-22-19(4-2)27-23-18;/h5-8,16,21H,3-4,9-14H2,1-2H3;1H. The first-order valence-electron chi connectivity index (χ1n) is 9.77. The fourth-order valence-corrected chi connectivity index (χ4v) is 3.31. The zero-order valence-corrected chi connectivity index (χ0v) is 17.3. The van der Waals surface area contributed by atoms with Crippen LogP contribution in [-0.4, -0.2) is 46.6 Å². The van der Waals surface area contributed by atoms with Crippen LogP contribution in [-0.2, 0) is 13.0 Å². The Morgan fingerprint density at radius 3 is 2.57 bits per heavy atom. The largest absolute Gasteiger partial charge is 0.485 e. The summed E-state index contributed by atoms with van der Waals surface area (Å²) in [6, 6.07) is 7.62. The average Bonchev–Trinajstić information content (AvgIpc) is 3.19. The number of aromatic nitrogens is 2. The topological polar surface area (TPSA) is 80.5 Å². The SMILES string of the molecule is CCCN(C(=O)c1ccc(OCc2noc(CC)n2)cc1)C1CCNCC1.Cl. The van der Waals surface area contributed by atoms with Gasteiger partial charge in [-0.25, -0.2) is 0 Å². The van der Waals surface area contributed by atoms with Gasteiger partial charge in [-0.3, -0.25) is 4.79 Å². The third-order valence-corrected chi connectivity index (χ3v) is 4.76. The van der Waals surface area contributed by atoms with Crippen molar-refractivity contribution < 1.29 is 14.1 Å². The van der Waals surface area contributed by atoms with Crippen LogP contribution in [0.2, 0.25) is 0 Å². The van der Waals surface area contributed by atoms with Crippen molar-refractivity contribution in [2.75, 3.05) is 19.6 Å². The highest BCUT2D eigenvalue weighted by Gasteiger charge is 2.25. The van der Waals surface area contributed by atoms with Gasteiger partial charge in [0.15, 0.2) is 6.61 Å². The van der Waals surface area contributed by atoms with Gasteiger partial charge < -0.3 is 19.5 Å². The van der Waals surface area contributed by atoms with Crippen molar-refractivity contribution in [2.24, 2.45) is 0 Å². The van der Waals surface area contributed by atoms with Crippen molar-refractivity contribution in [2.45, 2.75) is 52.2 Å². The Morgan fingerprint density at radius 1 is 1.25 bits per heavy atom. The third-order valence-electron chi connectivity index (χ3n) is 4.76. The van der Waals surface area contributed by atoms with Crippen molar-refractivity contribution in [1.82, 2.24) is 20.4 Å². The molecule has 0 bridgehead atoms. The lowest BCUT2D eigenvalue weighted by atomic mass is 10.0. The summed E-state index contributed by atoms with van der Waals surface area (Å²) in [6.07, 6.45) is 3.69. The summed E-state index contributed by atoms with van der Waals surface area (Å²) in [5.74, 6) is 1.90. The van der Waals surface area contributed by atoms with E-state index in [4.69, 9.17) is 9.26 Å². The first-order valence-corrected chi connectivity index (χ1v) is 9.77. The molecule has 0 radical (unpaired) electrons. The van der Waals surface area contributed by atoms with Crippen LogP contribution in [0.25, 0.3) is 0 Å². The lowest BCUT2D eigenvalue weighted by Crippen LogP contribution is -2.46. The van der Waals surface area contributed by atoms with Gasteiger partial charge in [0.25, 0.3) is 5.91 Å². The summed E-state index contributed by atoms with van der Waals surface area (Å²) in [4.78, 5) is 19.2. The number of benzene rings is 1. The fraction of sp³-hybridized carbons (Fsp3) is 0.550. The van der Waals surface area contributed by atoms with Crippen LogP contribution in [0, 0.1) is 0 Å². The van der Waals surface area contributed by atoms with Crippen LogP contribution < -0.4 is 10.1 Å². The molecule has 3 rings (SSSR count). The summed E-state index contributed by atoms with van der Waals surface area (Å²) in [5.41, 5.74) is 0.696. The molecule has 0 saturated carbocycles. The number of hydrogen-bond donors (Lipinski definition) is 1. The van der Waals surface area contributed by atoms with E-state index in [1.54, 1.807) is 0 Å². The van der Waals surface area contributed by atoms with Gasteiger partial charge in [0.05, 0.1) is 0 Å². The quantitative estimate of drug-likeness (QED) is 0.722. The number of amides is 1. The summed E-state index contributed by atoms with van der Waals surface area (Å²) < 4.78 is 10.8. The van der Waals surface area contributed by atoms with Gasteiger partial charge in [-0.2, -0.15) is 4.98 Å². The highest BCUT2D eigenvalue weighted by Crippen LogP contribution is 2.19. The number of rotatable bonds is 8. The molecule has 1 fully saturated rings. The van der Waals surface area contributed by atoms with E-state index in [0.717, 1.165) is 38.9 Å². The number of nitrogens with one attached hydrogen (secondary N) is 1. The molecule has 0 spiro atoms. The molecular formula is C20H29ClN4O3. The van der Waals surface area contributed by atoms with E-state index in [2.05, 4.69) is 22.4 Å².